The highest BCUT2D eigenvalue weighted by Gasteiger charge is 2.37. The Hall–Kier alpha value is -4.50. The van der Waals surface area contributed by atoms with E-state index in [0.717, 1.165) is 4.90 Å². The molecule has 3 aromatic carbocycles. The van der Waals surface area contributed by atoms with Gasteiger partial charge in [0.05, 0.1) is 15.6 Å². The Labute approximate surface area is 198 Å². The summed E-state index contributed by atoms with van der Waals surface area (Å²) in [4.78, 5) is 48.8. The lowest BCUT2D eigenvalue weighted by Crippen LogP contribution is -2.54. The van der Waals surface area contributed by atoms with Crippen LogP contribution in [-0.4, -0.2) is 22.8 Å². The van der Waals surface area contributed by atoms with Crippen LogP contribution < -0.4 is 15.0 Å². The van der Waals surface area contributed by atoms with Crippen molar-refractivity contribution in [2.45, 2.75) is 6.61 Å². The number of ether oxygens (including phenoxy) is 1. The molecule has 34 heavy (non-hydrogen) atoms. The molecule has 4 amide bonds. The van der Waals surface area contributed by atoms with Gasteiger partial charge in [-0.1, -0.05) is 48.0 Å². The van der Waals surface area contributed by atoms with E-state index in [1.807, 2.05) is 0 Å². The van der Waals surface area contributed by atoms with Crippen LogP contribution in [-0.2, 0) is 16.2 Å². The second kappa shape index (κ2) is 9.55. The lowest BCUT2D eigenvalue weighted by atomic mass is 10.1. The summed E-state index contributed by atoms with van der Waals surface area (Å²) in [6.07, 6.45) is 1.36. The largest absolute Gasteiger partial charge is 0.489 e. The van der Waals surface area contributed by atoms with Crippen LogP contribution in [0, 0.1) is 10.1 Å². The lowest BCUT2D eigenvalue weighted by Gasteiger charge is -2.27. The predicted octanol–water partition coefficient (Wildman–Crippen LogP) is 4.49. The molecule has 3 aromatic rings. The van der Waals surface area contributed by atoms with E-state index in [1.165, 1.54) is 30.3 Å². The maximum absolute atomic E-state index is 12.9. The van der Waals surface area contributed by atoms with Crippen LogP contribution in [0.15, 0.2) is 78.4 Å². The number of carbonyl (C=O) groups excluding carboxylic acids is 3. The van der Waals surface area contributed by atoms with Crippen molar-refractivity contribution in [1.29, 1.82) is 0 Å². The van der Waals surface area contributed by atoms with Crippen LogP contribution in [0.3, 0.4) is 0 Å². The minimum atomic E-state index is -0.884. The molecule has 10 heteroatoms. The molecule has 1 aliphatic rings. The third-order valence-electron chi connectivity index (χ3n) is 4.91. The van der Waals surface area contributed by atoms with Crippen molar-refractivity contribution < 1.29 is 24.0 Å². The number of rotatable bonds is 6. The van der Waals surface area contributed by atoms with E-state index < -0.39 is 22.8 Å². The van der Waals surface area contributed by atoms with Crippen molar-refractivity contribution in [2.75, 3.05) is 4.90 Å². The molecule has 4 rings (SSSR count). The summed E-state index contributed by atoms with van der Waals surface area (Å²) in [5, 5.41) is 13.2. The smallest absolute Gasteiger partial charge is 0.335 e. The fourth-order valence-corrected chi connectivity index (χ4v) is 3.48. The highest BCUT2D eigenvalue weighted by Crippen LogP contribution is 2.29. The fourth-order valence-electron chi connectivity index (χ4n) is 3.26. The van der Waals surface area contributed by atoms with Crippen molar-refractivity contribution in [1.82, 2.24) is 5.32 Å². The summed E-state index contributed by atoms with van der Waals surface area (Å²) in [5.74, 6) is -1.13. The molecule has 0 unspecified atom stereocenters. The summed E-state index contributed by atoms with van der Waals surface area (Å²) in [5.41, 5.74) is 1.06. The van der Waals surface area contributed by atoms with Crippen molar-refractivity contribution in [3.63, 3.8) is 0 Å². The van der Waals surface area contributed by atoms with Crippen molar-refractivity contribution in [2.24, 2.45) is 0 Å². The number of imide groups is 2. The number of benzene rings is 3. The highest BCUT2D eigenvalue weighted by atomic mass is 35.5. The van der Waals surface area contributed by atoms with Gasteiger partial charge in [-0.05, 0) is 41.5 Å². The standard InChI is InChI=1S/C24H16ClN3O6/c25-20-6-1-2-7-21(20)27-23(30)19(22(29)26-24(27)31)13-15-8-10-18(11-9-15)34-14-16-4-3-5-17(12-16)28(32)33/h1-13H,14H2,(H,26,29,31)/b19-13+. The normalized spacial score (nSPS) is 14.8. The first kappa shape index (κ1) is 22.7. The first-order chi connectivity index (χ1) is 16.3. The van der Waals surface area contributed by atoms with Crippen LogP contribution in [0.25, 0.3) is 6.08 Å². The summed E-state index contributed by atoms with van der Waals surface area (Å²) in [6, 6.07) is 18.1. The zero-order valence-electron chi connectivity index (χ0n) is 17.4. The minimum absolute atomic E-state index is 0.0252. The van der Waals surface area contributed by atoms with Gasteiger partial charge in [0.25, 0.3) is 17.5 Å². The zero-order valence-corrected chi connectivity index (χ0v) is 18.2. The molecular formula is C24H16ClN3O6. The van der Waals surface area contributed by atoms with E-state index in [2.05, 4.69) is 5.32 Å². The van der Waals surface area contributed by atoms with E-state index in [9.17, 15) is 24.5 Å². The van der Waals surface area contributed by atoms with E-state index in [4.69, 9.17) is 16.3 Å². The molecule has 1 aliphatic heterocycles. The Morgan fingerprint density at radius 3 is 2.44 bits per heavy atom. The molecule has 0 aromatic heterocycles. The molecule has 0 saturated carbocycles. The average Bonchev–Trinajstić information content (AvgIpc) is 2.82. The van der Waals surface area contributed by atoms with Gasteiger partial charge in [-0.2, -0.15) is 0 Å². The summed E-state index contributed by atoms with van der Waals surface area (Å²) in [7, 11) is 0. The van der Waals surface area contributed by atoms with E-state index in [0.29, 0.717) is 16.9 Å². The molecule has 1 saturated heterocycles. The van der Waals surface area contributed by atoms with Gasteiger partial charge in [-0.3, -0.25) is 25.0 Å². The molecular weight excluding hydrogens is 462 g/mol. The fraction of sp³-hybridized carbons (Fsp3) is 0.0417. The number of urea groups is 1. The van der Waals surface area contributed by atoms with Gasteiger partial charge >= 0.3 is 6.03 Å². The maximum Gasteiger partial charge on any atom is 0.335 e. The van der Waals surface area contributed by atoms with E-state index >= 15 is 0 Å². The number of barbiturate groups is 1. The van der Waals surface area contributed by atoms with Gasteiger partial charge in [0.1, 0.15) is 17.9 Å². The Balaban J connectivity index is 1.51. The zero-order chi connectivity index (χ0) is 24.2. The molecule has 0 spiro atoms. The first-order valence-corrected chi connectivity index (χ1v) is 10.3. The third kappa shape index (κ3) is 4.79. The third-order valence-corrected chi connectivity index (χ3v) is 5.23. The number of para-hydroxylation sites is 1. The number of non-ortho nitro benzene ring substituents is 1. The van der Waals surface area contributed by atoms with Gasteiger partial charge in [0, 0.05) is 12.1 Å². The Morgan fingerprint density at radius 2 is 1.74 bits per heavy atom. The van der Waals surface area contributed by atoms with Gasteiger partial charge < -0.3 is 4.74 Å². The molecule has 0 aliphatic carbocycles. The topological polar surface area (TPSA) is 119 Å². The SMILES string of the molecule is O=C1NC(=O)N(c2ccccc2Cl)C(=O)/C1=C/c1ccc(OCc2cccc([N+](=O)[O-])c2)cc1. The number of nitro groups is 1. The number of nitrogens with one attached hydrogen (secondary N) is 1. The van der Waals surface area contributed by atoms with Crippen LogP contribution in [0.5, 0.6) is 5.75 Å². The first-order valence-electron chi connectivity index (χ1n) is 9.95. The number of hydrogen-bond donors (Lipinski definition) is 1. The van der Waals surface area contributed by atoms with Gasteiger partial charge in [0.2, 0.25) is 0 Å². The van der Waals surface area contributed by atoms with Gasteiger partial charge in [-0.25, -0.2) is 9.69 Å². The second-order valence-electron chi connectivity index (χ2n) is 7.19. The molecule has 0 radical (unpaired) electrons. The van der Waals surface area contributed by atoms with Crippen LogP contribution >= 0.6 is 11.6 Å². The average molecular weight is 478 g/mol. The number of halogens is 1. The predicted molar refractivity (Wildman–Crippen MR) is 124 cm³/mol. The van der Waals surface area contributed by atoms with Crippen LogP contribution in [0.1, 0.15) is 11.1 Å². The maximum atomic E-state index is 12.9. The van der Waals surface area contributed by atoms with Gasteiger partial charge in [-0.15, -0.1) is 0 Å². The Bertz CT molecular complexity index is 1340. The number of carbonyl (C=O) groups is 3. The monoisotopic (exact) mass is 477 g/mol. The number of hydrogen-bond acceptors (Lipinski definition) is 6. The van der Waals surface area contributed by atoms with Crippen molar-refractivity contribution in [3.05, 3.63) is 105 Å². The number of nitro benzene ring substituents is 1. The second-order valence-corrected chi connectivity index (χ2v) is 7.60. The minimum Gasteiger partial charge on any atom is -0.489 e. The number of anilines is 1. The Morgan fingerprint density at radius 1 is 1.00 bits per heavy atom. The summed E-state index contributed by atoms with van der Waals surface area (Å²) < 4.78 is 5.66. The quantitative estimate of drug-likeness (QED) is 0.242. The molecule has 1 fully saturated rings. The number of nitrogens with zero attached hydrogens (tertiary/aromatic N) is 2. The molecule has 170 valence electrons. The Kier molecular flexibility index (Phi) is 6.37. The van der Waals surface area contributed by atoms with Crippen molar-refractivity contribution in [3.8, 4) is 5.75 Å². The lowest BCUT2D eigenvalue weighted by molar-refractivity contribution is -0.384. The molecule has 9 nitrogen and oxygen atoms in total. The summed E-state index contributed by atoms with van der Waals surface area (Å²) in [6.45, 7) is 0.123. The molecule has 1 N–H and O–H groups in total. The van der Waals surface area contributed by atoms with Crippen LogP contribution in [0.2, 0.25) is 5.02 Å². The van der Waals surface area contributed by atoms with E-state index in [1.54, 1.807) is 48.5 Å². The summed E-state index contributed by atoms with van der Waals surface area (Å²) >= 11 is 6.12. The number of amides is 4. The van der Waals surface area contributed by atoms with Gasteiger partial charge in [0.15, 0.2) is 0 Å². The van der Waals surface area contributed by atoms with Crippen LogP contribution in [0.4, 0.5) is 16.2 Å². The molecule has 0 bridgehead atoms. The van der Waals surface area contributed by atoms with E-state index in [-0.39, 0.29) is 28.6 Å². The highest BCUT2D eigenvalue weighted by molar-refractivity contribution is 6.42. The molecule has 1 heterocycles. The molecule has 0 atom stereocenters. The van der Waals surface area contributed by atoms with Crippen molar-refractivity contribution >= 4 is 46.9 Å².